The Morgan fingerprint density at radius 3 is 3.05 bits per heavy atom. The van der Waals surface area contributed by atoms with Crippen LogP contribution in [0.15, 0.2) is 6.33 Å². The van der Waals surface area contributed by atoms with Crippen molar-refractivity contribution in [2.75, 3.05) is 13.1 Å². The minimum atomic E-state index is 0.649. The van der Waals surface area contributed by atoms with E-state index in [4.69, 9.17) is 5.73 Å². The molecule has 112 valence electrons. The molecule has 0 amide bonds. The van der Waals surface area contributed by atoms with E-state index in [9.17, 15) is 0 Å². The Morgan fingerprint density at radius 1 is 1.35 bits per heavy atom. The summed E-state index contributed by atoms with van der Waals surface area (Å²) in [6.07, 6.45) is 8.53. The van der Waals surface area contributed by atoms with Gasteiger partial charge in [0.1, 0.15) is 12.2 Å². The van der Waals surface area contributed by atoms with Gasteiger partial charge in [-0.25, -0.2) is 0 Å². The fourth-order valence-corrected chi connectivity index (χ4v) is 4.05. The molecule has 2 N–H and O–H groups in total. The summed E-state index contributed by atoms with van der Waals surface area (Å²) in [7, 11) is 0. The summed E-state index contributed by atoms with van der Waals surface area (Å²) in [4.78, 5) is 2.61. The molecule has 3 unspecified atom stereocenters. The Balaban J connectivity index is 1.69. The van der Waals surface area contributed by atoms with Crippen LogP contribution in [0, 0.1) is 11.8 Å². The van der Waals surface area contributed by atoms with Gasteiger partial charge in [-0.15, -0.1) is 10.2 Å². The second kappa shape index (κ2) is 6.22. The molecule has 1 fully saturated rings. The predicted octanol–water partition coefficient (Wildman–Crippen LogP) is 1.64. The number of nitrogens with zero attached hydrogens (tertiary/aromatic N) is 4. The number of rotatable bonds is 4. The smallest absolute Gasteiger partial charge is 0.147 e. The Kier molecular flexibility index (Phi) is 4.36. The van der Waals surface area contributed by atoms with E-state index >= 15 is 0 Å². The molecular weight excluding hydrogens is 250 g/mol. The lowest BCUT2D eigenvalue weighted by molar-refractivity contribution is 0.0569. The molecule has 2 heterocycles. The largest absolute Gasteiger partial charge is 0.330 e. The number of aromatic nitrogens is 3. The normalized spacial score (nSPS) is 31.2. The van der Waals surface area contributed by atoms with Gasteiger partial charge in [0.25, 0.3) is 0 Å². The van der Waals surface area contributed by atoms with Crippen molar-refractivity contribution in [3.63, 3.8) is 0 Å². The Hall–Kier alpha value is -0.940. The molecule has 3 atom stereocenters. The Labute approximate surface area is 121 Å². The second-order valence-corrected chi connectivity index (χ2v) is 6.44. The zero-order valence-corrected chi connectivity index (χ0v) is 12.5. The van der Waals surface area contributed by atoms with Crippen molar-refractivity contribution in [3.8, 4) is 0 Å². The molecule has 0 spiro atoms. The van der Waals surface area contributed by atoms with Crippen LogP contribution in [-0.2, 0) is 13.1 Å². The van der Waals surface area contributed by atoms with E-state index in [0.29, 0.717) is 12.0 Å². The van der Waals surface area contributed by atoms with E-state index in [-0.39, 0.29) is 0 Å². The topological polar surface area (TPSA) is 60.0 Å². The minimum absolute atomic E-state index is 0.649. The van der Waals surface area contributed by atoms with Crippen LogP contribution in [0.1, 0.15) is 44.9 Å². The van der Waals surface area contributed by atoms with E-state index in [1.165, 1.54) is 32.1 Å². The third kappa shape index (κ3) is 2.74. The van der Waals surface area contributed by atoms with E-state index in [1.807, 2.05) is 6.33 Å². The van der Waals surface area contributed by atoms with Crippen LogP contribution in [0.3, 0.4) is 0 Å². The molecule has 5 nitrogen and oxygen atoms in total. The summed E-state index contributed by atoms with van der Waals surface area (Å²) in [5.41, 5.74) is 6.03. The van der Waals surface area contributed by atoms with Gasteiger partial charge in [0.05, 0.1) is 6.54 Å². The van der Waals surface area contributed by atoms with Crippen LogP contribution in [0.5, 0.6) is 0 Å². The monoisotopic (exact) mass is 277 g/mol. The van der Waals surface area contributed by atoms with Crippen molar-refractivity contribution in [2.45, 2.75) is 58.2 Å². The molecule has 1 aromatic heterocycles. The molecule has 5 heteroatoms. The molecular formula is C15H27N5. The highest BCUT2D eigenvalue weighted by molar-refractivity contribution is 4.95. The van der Waals surface area contributed by atoms with Gasteiger partial charge in [-0.05, 0) is 31.2 Å². The lowest BCUT2D eigenvalue weighted by atomic mass is 9.76. The van der Waals surface area contributed by atoms with E-state index in [1.54, 1.807) is 0 Å². The fourth-order valence-electron chi connectivity index (χ4n) is 4.05. The van der Waals surface area contributed by atoms with Gasteiger partial charge in [0.15, 0.2) is 0 Å². The van der Waals surface area contributed by atoms with Gasteiger partial charge >= 0.3 is 0 Å². The third-order valence-electron chi connectivity index (χ3n) is 5.20. The maximum Gasteiger partial charge on any atom is 0.147 e. The van der Waals surface area contributed by atoms with Crippen molar-refractivity contribution >= 4 is 0 Å². The van der Waals surface area contributed by atoms with Gasteiger partial charge in [-0.1, -0.05) is 26.2 Å². The maximum absolute atomic E-state index is 6.03. The minimum Gasteiger partial charge on any atom is -0.330 e. The predicted molar refractivity (Wildman–Crippen MR) is 79.0 cm³/mol. The zero-order chi connectivity index (χ0) is 13.9. The molecule has 0 aromatic carbocycles. The number of fused-ring (bicyclic) bond motifs is 1. The standard InChI is InChI=1S/C15H27N5/c1-2-3-12-4-5-13(9-16)14(8-12)19-6-7-20-11-17-18-15(20)10-19/h11-14H,2-10,16H2,1H3. The lowest BCUT2D eigenvalue weighted by Gasteiger charge is -2.43. The van der Waals surface area contributed by atoms with Crippen LogP contribution >= 0.6 is 0 Å². The van der Waals surface area contributed by atoms with Crippen molar-refractivity contribution < 1.29 is 0 Å². The van der Waals surface area contributed by atoms with Crippen LogP contribution in [-0.4, -0.2) is 38.8 Å². The maximum atomic E-state index is 6.03. The average molecular weight is 277 g/mol. The molecule has 2 aliphatic rings. The Morgan fingerprint density at radius 2 is 2.25 bits per heavy atom. The first-order valence-electron chi connectivity index (χ1n) is 8.12. The summed E-state index contributed by atoms with van der Waals surface area (Å²) in [5.74, 6) is 2.68. The molecule has 20 heavy (non-hydrogen) atoms. The third-order valence-corrected chi connectivity index (χ3v) is 5.20. The summed E-state index contributed by atoms with van der Waals surface area (Å²) < 4.78 is 2.18. The molecule has 1 saturated carbocycles. The first-order valence-corrected chi connectivity index (χ1v) is 8.12. The van der Waals surface area contributed by atoms with Crippen molar-refractivity contribution in [1.29, 1.82) is 0 Å². The molecule has 3 rings (SSSR count). The van der Waals surface area contributed by atoms with Gasteiger partial charge in [0, 0.05) is 19.1 Å². The Bertz CT molecular complexity index is 430. The summed E-state index contributed by atoms with van der Waals surface area (Å²) in [5, 5.41) is 8.28. The van der Waals surface area contributed by atoms with Crippen LogP contribution < -0.4 is 5.73 Å². The first kappa shape index (κ1) is 14.0. The quantitative estimate of drug-likeness (QED) is 0.909. The van der Waals surface area contributed by atoms with E-state index in [2.05, 4.69) is 26.6 Å². The first-order chi connectivity index (χ1) is 9.81. The van der Waals surface area contributed by atoms with Crippen LogP contribution in [0.4, 0.5) is 0 Å². The van der Waals surface area contributed by atoms with Crippen molar-refractivity contribution in [3.05, 3.63) is 12.2 Å². The van der Waals surface area contributed by atoms with Gasteiger partial charge < -0.3 is 10.3 Å². The van der Waals surface area contributed by atoms with Crippen LogP contribution in [0.2, 0.25) is 0 Å². The summed E-state index contributed by atoms with van der Waals surface area (Å²) in [6.45, 7) is 6.21. The second-order valence-electron chi connectivity index (χ2n) is 6.44. The lowest BCUT2D eigenvalue weighted by Crippen LogP contribution is -2.49. The van der Waals surface area contributed by atoms with E-state index < -0.39 is 0 Å². The molecule has 0 bridgehead atoms. The highest BCUT2D eigenvalue weighted by Crippen LogP contribution is 2.35. The molecule has 0 radical (unpaired) electrons. The number of hydrogen-bond donors (Lipinski definition) is 1. The zero-order valence-electron chi connectivity index (χ0n) is 12.5. The van der Waals surface area contributed by atoms with Crippen molar-refractivity contribution in [2.24, 2.45) is 17.6 Å². The highest BCUT2D eigenvalue weighted by Gasteiger charge is 2.35. The number of hydrogen-bond acceptors (Lipinski definition) is 4. The SMILES string of the molecule is CCCC1CCC(CN)C(N2CCn3cnnc3C2)C1. The molecule has 1 aliphatic carbocycles. The summed E-state index contributed by atoms with van der Waals surface area (Å²) in [6, 6.07) is 0.649. The van der Waals surface area contributed by atoms with Gasteiger partial charge in [-0.2, -0.15) is 0 Å². The molecule has 1 aromatic rings. The van der Waals surface area contributed by atoms with Crippen molar-refractivity contribution in [1.82, 2.24) is 19.7 Å². The van der Waals surface area contributed by atoms with E-state index in [0.717, 1.165) is 37.9 Å². The van der Waals surface area contributed by atoms with Gasteiger partial charge in [0.2, 0.25) is 0 Å². The van der Waals surface area contributed by atoms with Gasteiger partial charge in [-0.3, -0.25) is 4.90 Å². The fraction of sp³-hybridized carbons (Fsp3) is 0.867. The van der Waals surface area contributed by atoms with Crippen LogP contribution in [0.25, 0.3) is 0 Å². The molecule has 0 saturated heterocycles. The summed E-state index contributed by atoms with van der Waals surface area (Å²) >= 11 is 0. The average Bonchev–Trinajstić information content (AvgIpc) is 2.95. The molecule has 1 aliphatic heterocycles. The number of nitrogens with two attached hydrogens (primary N) is 1. The highest BCUT2D eigenvalue weighted by atomic mass is 15.3.